The van der Waals surface area contributed by atoms with Gasteiger partial charge in [-0.15, -0.1) is 11.8 Å². The number of aromatic nitrogens is 1. The predicted octanol–water partition coefficient (Wildman–Crippen LogP) is 5.01. The van der Waals surface area contributed by atoms with Crippen molar-refractivity contribution >= 4 is 17.7 Å². The first-order valence-corrected chi connectivity index (χ1v) is 9.92. The van der Waals surface area contributed by atoms with Crippen molar-refractivity contribution in [3.63, 3.8) is 0 Å². The number of carbonyl (C=O) groups is 1. The van der Waals surface area contributed by atoms with E-state index >= 15 is 0 Å². The topological polar surface area (TPSA) is 51.2 Å². The summed E-state index contributed by atoms with van der Waals surface area (Å²) in [4.78, 5) is 15.6. The minimum atomic E-state index is -3.15. The highest BCUT2D eigenvalue weighted by atomic mass is 32.2. The smallest absolute Gasteiger partial charge is 0.315 e. The number of hydrogen-bond donors (Lipinski definition) is 1. The molecule has 1 unspecified atom stereocenters. The molecule has 1 aromatic carbocycles. The van der Waals surface area contributed by atoms with Crippen LogP contribution in [0.2, 0.25) is 0 Å². The summed E-state index contributed by atoms with van der Waals surface area (Å²) in [6.07, 6.45) is -0.0686. The fraction of sp³-hybridized carbons (Fsp3) is 0.400. The van der Waals surface area contributed by atoms with Crippen LogP contribution in [0.4, 0.5) is 13.2 Å². The molecule has 1 aromatic heterocycles. The SMILES string of the molecule is CSc1ccc(-c2ccc(C(CCF)OC(C)(C)NC(=O)C(F)F)cc2)cn1. The van der Waals surface area contributed by atoms with Crippen LogP contribution in [-0.4, -0.2) is 36.0 Å². The highest BCUT2D eigenvalue weighted by molar-refractivity contribution is 7.98. The molecule has 1 amide bonds. The van der Waals surface area contributed by atoms with Gasteiger partial charge >= 0.3 is 6.43 Å². The van der Waals surface area contributed by atoms with E-state index in [0.717, 1.165) is 16.2 Å². The Morgan fingerprint density at radius 1 is 1.18 bits per heavy atom. The molecule has 0 saturated carbocycles. The third kappa shape index (κ3) is 6.24. The van der Waals surface area contributed by atoms with Crippen molar-refractivity contribution in [2.75, 3.05) is 12.9 Å². The van der Waals surface area contributed by atoms with Gasteiger partial charge in [-0.1, -0.05) is 30.3 Å². The number of hydrogen-bond acceptors (Lipinski definition) is 4. The van der Waals surface area contributed by atoms with Crippen LogP contribution in [0.25, 0.3) is 11.1 Å². The van der Waals surface area contributed by atoms with Gasteiger partial charge in [0.2, 0.25) is 0 Å². The van der Waals surface area contributed by atoms with E-state index < -0.39 is 30.8 Å². The lowest BCUT2D eigenvalue weighted by Crippen LogP contribution is -2.48. The van der Waals surface area contributed by atoms with E-state index in [1.807, 2.05) is 30.5 Å². The third-order valence-electron chi connectivity index (χ3n) is 3.99. The summed E-state index contributed by atoms with van der Waals surface area (Å²) in [6.45, 7) is 2.25. The molecule has 28 heavy (non-hydrogen) atoms. The molecular weight excluding hydrogens is 389 g/mol. The first-order valence-electron chi connectivity index (χ1n) is 8.70. The number of benzene rings is 1. The summed E-state index contributed by atoms with van der Waals surface area (Å²) in [7, 11) is 0. The zero-order chi connectivity index (χ0) is 20.7. The molecule has 0 aliphatic carbocycles. The number of rotatable bonds is 9. The molecule has 0 spiro atoms. The number of alkyl halides is 3. The van der Waals surface area contributed by atoms with Crippen molar-refractivity contribution in [2.45, 2.75) is 43.5 Å². The molecule has 1 heterocycles. The van der Waals surface area contributed by atoms with E-state index in [0.29, 0.717) is 5.56 Å². The van der Waals surface area contributed by atoms with E-state index in [2.05, 4.69) is 10.3 Å². The molecule has 152 valence electrons. The fourth-order valence-corrected chi connectivity index (χ4v) is 3.05. The van der Waals surface area contributed by atoms with Crippen LogP contribution in [-0.2, 0) is 9.53 Å². The van der Waals surface area contributed by atoms with Crippen molar-refractivity contribution in [3.05, 3.63) is 48.2 Å². The molecule has 0 aliphatic rings. The van der Waals surface area contributed by atoms with Gasteiger partial charge in [0.1, 0.15) is 5.72 Å². The van der Waals surface area contributed by atoms with Crippen molar-refractivity contribution in [3.8, 4) is 11.1 Å². The van der Waals surface area contributed by atoms with E-state index in [4.69, 9.17) is 4.74 Å². The van der Waals surface area contributed by atoms with Gasteiger partial charge in [-0.25, -0.2) is 4.98 Å². The second-order valence-corrected chi connectivity index (χ2v) is 7.42. The van der Waals surface area contributed by atoms with Gasteiger partial charge in [-0.3, -0.25) is 9.18 Å². The lowest BCUT2D eigenvalue weighted by atomic mass is 10.0. The molecule has 2 aromatic rings. The average Bonchev–Trinajstić information content (AvgIpc) is 2.67. The zero-order valence-electron chi connectivity index (χ0n) is 15.9. The number of amides is 1. The standard InChI is InChI=1S/C20H23F3N2O2S/c1-20(2,25-19(26)18(22)23)27-16(10-11-21)14-6-4-13(5-7-14)15-8-9-17(28-3)24-12-15/h4-9,12,16,18H,10-11H2,1-3H3,(H,25,26). The van der Waals surface area contributed by atoms with E-state index in [9.17, 15) is 18.0 Å². The summed E-state index contributed by atoms with van der Waals surface area (Å²) in [5, 5.41) is 3.04. The van der Waals surface area contributed by atoms with Crippen molar-refractivity contribution in [2.24, 2.45) is 0 Å². The van der Waals surface area contributed by atoms with Crippen molar-refractivity contribution in [1.29, 1.82) is 0 Å². The van der Waals surface area contributed by atoms with E-state index in [1.54, 1.807) is 30.1 Å². The summed E-state index contributed by atoms with van der Waals surface area (Å²) >= 11 is 1.56. The van der Waals surface area contributed by atoms with Crippen LogP contribution in [0.1, 0.15) is 31.9 Å². The number of nitrogens with one attached hydrogen (secondary N) is 1. The number of thioether (sulfide) groups is 1. The largest absolute Gasteiger partial charge is 0.348 e. The second-order valence-electron chi connectivity index (χ2n) is 6.60. The minimum absolute atomic E-state index is 0.0390. The molecule has 4 nitrogen and oxygen atoms in total. The predicted molar refractivity (Wildman–Crippen MR) is 104 cm³/mol. The maximum atomic E-state index is 13.0. The highest BCUT2D eigenvalue weighted by Gasteiger charge is 2.29. The maximum Gasteiger partial charge on any atom is 0.315 e. The summed E-state index contributed by atoms with van der Waals surface area (Å²) < 4.78 is 43.7. The van der Waals surface area contributed by atoms with E-state index in [-0.39, 0.29) is 6.42 Å². The lowest BCUT2D eigenvalue weighted by Gasteiger charge is -2.31. The Morgan fingerprint density at radius 2 is 1.82 bits per heavy atom. The Morgan fingerprint density at radius 3 is 2.32 bits per heavy atom. The van der Waals surface area contributed by atoms with E-state index in [1.165, 1.54) is 13.8 Å². The Kier molecular flexibility index (Phi) is 7.88. The molecule has 0 fully saturated rings. The van der Waals surface area contributed by atoms with Gasteiger partial charge in [-0.05, 0) is 37.3 Å². The van der Waals surface area contributed by atoms with Crippen molar-refractivity contribution in [1.82, 2.24) is 10.3 Å². The number of carbonyl (C=O) groups excluding carboxylic acids is 1. The minimum Gasteiger partial charge on any atom is -0.348 e. The summed E-state index contributed by atoms with van der Waals surface area (Å²) in [5.41, 5.74) is 1.20. The van der Waals surface area contributed by atoms with Gasteiger partial charge in [0.05, 0.1) is 17.8 Å². The Labute approximate surface area is 166 Å². The Hall–Kier alpha value is -2.06. The molecule has 0 aliphatic heterocycles. The van der Waals surface area contributed by atoms with Crippen molar-refractivity contribution < 1.29 is 22.7 Å². The van der Waals surface area contributed by atoms with Crippen LogP contribution in [0, 0.1) is 0 Å². The Balaban J connectivity index is 2.15. The van der Waals surface area contributed by atoms with Crippen LogP contribution < -0.4 is 5.32 Å². The number of halogens is 3. The second kappa shape index (κ2) is 9.93. The van der Waals surface area contributed by atoms with Gasteiger partial charge in [0.25, 0.3) is 5.91 Å². The molecule has 1 atom stereocenters. The monoisotopic (exact) mass is 412 g/mol. The van der Waals surface area contributed by atoms with Gasteiger partial charge in [0, 0.05) is 18.2 Å². The molecule has 1 N–H and O–H groups in total. The molecule has 8 heteroatoms. The zero-order valence-corrected chi connectivity index (χ0v) is 16.7. The molecule has 0 saturated heterocycles. The van der Waals surface area contributed by atoms with Gasteiger partial charge < -0.3 is 10.1 Å². The quantitative estimate of drug-likeness (QED) is 0.465. The highest BCUT2D eigenvalue weighted by Crippen LogP contribution is 2.29. The van der Waals surface area contributed by atoms with Crippen LogP contribution >= 0.6 is 11.8 Å². The number of pyridine rings is 1. The number of ether oxygens (including phenoxy) is 1. The molecule has 0 bridgehead atoms. The first-order chi connectivity index (χ1) is 13.3. The normalized spacial score (nSPS) is 12.8. The van der Waals surface area contributed by atoms with Crippen LogP contribution in [0.5, 0.6) is 0 Å². The van der Waals surface area contributed by atoms with Crippen LogP contribution in [0.15, 0.2) is 47.6 Å². The fourth-order valence-electron chi connectivity index (χ4n) is 2.69. The number of nitrogens with zero attached hydrogens (tertiary/aromatic N) is 1. The molecule has 2 rings (SSSR count). The molecule has 0 radical (unpaired) electrons. The van der Waals surface area contributed by atoms with Gasteiger partial charge in [0.15, 0.2) is 0 Å². The Bertz CT molecular complexity index is 768. The average molecular weight is 412 g/mol. The molecular formula is C20H23F3N2O2S. The lowest BCUT2D eigenvalue weighted by molar-refractivity contribution is -0.148. The summed E-state index contributed by atoms with van der Waals surface area (Å²) in [6, 6.07) is 11.2. The third-order valence-corrected chi connectivity index (χ3v) is 4.65. The first kappa shape index (κ1) is 22.2. The summed E-state index contributed by atoms with van der Waals surface area (Å²) in [5.74, 6) is -1.43. The van der Waals surface area contributed by atoms with Gasteiger partial charge in [-0.2, -0.15) is 8.78 Å². The maximum absolute atomic E-state index is 13.0. The van der Waals surface area contributed by atoms with Crippen LogP contribution in [0.3, 0.4) is 0 Å².